The van der Waals surface area contributed by atoms with E-state index in [1.54, 1.807) is 0 Å². The second-order valence-corrected chi connectivity index (χ2v) is 3.23. The second kappa shape index (κ2) is 5.14. The van der Waals surface area contributed by atoms with Crippen LogP contribution in [0.4, 0.5) is 11.4 Å². The van der Waals surface area contributed by atoms with Crippen LogP contribution >= 0.6 is 11.6 Å². The van der Waals surface area contributed by atoms with Crippen LogP contribution in [0.2, 0.25) is 5.02 Å². The van der Waals surface area contributed by atoms with Crippen molar-refractivity contribution in [1.82, 2.24) is 0 Å². The average Bonchev–Trinajstić information content (AvgIpc) is 2.21. The Morgan fingerprint density at radius 1 is 1.56 bits per heavy atom. The molecule has 82 valence electrons. The molecule has 0 bridgehead atoms. The van der Waals surface area contributed by atoms with E-state index in [1.807, 2.05) is 0 Å². The summed E-state index contributed by atoms with van der Waals surface area (Å²) < 4.78 is 0. The molecule has 1 rings (SSSR count). The summed E-state index contributed by atoms with van der Waals surface area (Å²) in [6.45, 7) is 0. The van der Waals surface area contributed by atoms with Crippen molar-refractivity contribution >= 4 is 29.3 Å². The number of aldehydes is 1. The summed E-state index contributed by atoms with van der Waals surface area (Å²) in [5.41, 5.74) is 5.43. The monoisotopic (exact) mass is 238 g/mol. The summed E-state index contributed by atoms with van der Waals surface area (Å²) in [5.74, 6) is 5.08. The Hall–Kier alpha value is -2.06. The fraction of sp³-hybridized carbons (Fsp3) is 0.100. The molecule has 0 aromatic heterocycles. The number of nitrogens with zero attached hydrogens (tertiary/aromatic N) is 1. The van der Waals surface area contributed by atoms with Crippen molar-refractivity contribution in [2.75, 3.05) is 5.73 Å². The highest BCUT2D eigenvalue weighted by Gasteiger charge is 2.14. The number of nitro benzene ring substituents is 1. The van der Waals surface area contributed by atoms with Crippen LogP contribution in [-0.4, -0.2) is 11.2 Å². The summed E-state index contributed by atoms with van der Waals surface area (Å²) in [6.07, 6.45) is 0.682. The zero-order chi connectivity index (χ0) is 12.1. The van der Waals surface area contributed by atoms with Crippen molar-refractivity contribution in [2.45, 2.75) is 6.42 Å². The van der Waals surface area contributed by atoms with E-state index in [9.17, 15) is 14.9 Å². The number of nitrogen functional groups attached to an aromatic ring is 1. The van der Waals surface area contributed by atoms with Gasteiger partial charge in [-0.2, -0.15) is 0 Å². The van der Waals surface area contributed by atoms with Gasteiger partial charge in [0.25, 0.3) is 5.69 Å². The van der Waals surface area contributed by atoms with Crippen LogP contribution in [0.3, 0.4) is 0 Å². The number of nitro groups is 1. The van der Waals surface area contributed by atoms with Gasteiger partial charge >= 0.3 is 0 Å². The van der Waals surface area contributed by atoms with Crippen molar-refractivity contribution in [3.63, 3.8) is 0 Å². The fourth-order valence-electron chi connectivity index (χ4n) is 1.02. The van der Waals surface area contributed by atoms with Gasteiger partial charge in [-0.1, -0.05) is 23.4 Å². The van der Waals surface area contributed by atoms with Crippen LogP contribution in [0.1, 0.15) is 12.0 Å². The van der Waals surface area contributed by atoms with Crippen molar-refractivity contribution in [3.8, 4) is 11.8 Å². The first-order valence-corrected chi connectivity index (χ1v) is 4.60. The lowest BCUT2D eigenvalue weighted by molar-refractivity contribution is -0.383. The molecule has 5 nitrogen and oxygen atoms in total. The van der Waals surface area contributed by atoms with E-state index < -0.39 is 4.92 Å². The molecule has 2 N–H and O–H groups in total. The van der Waals surface area contributed by atoms with Gasteiger partial charge in [0.15, 0.2) is 0 Å². The zero-order valence-electron chi connectivity index (χ0n) is 8.07. The number of hydrogen-bond donors (Lipinski definition) is 1. The number of rotatable bonds is 2. The van der Waals surface area contributed by atoms with Gasteiger partial charge in [-0.05, 0) is 6.07 Å². The van der Waals surface area contributed by atoms with Gasteiger partial charge in [-0.15, -0.1) is 0 Å². The topological polar surface area (TPSA) is 86.2 Å². The average molecular weight is 239 g/mol. The molecule has 0 unspecified atom stereocenters. The number of carbonyl (C=O) groups is 1. The molecule has 16 heavy (non-hydrogen) atoms. The molecule has 0 aliphatic heterocycles. The number of benzene rings is 1. The minimum absolute atomic E-state index is 0.0177. The maximum absolute atomic E-state index is 10.6. The SMILES string of the molecule is Nc1cc(Cl)c(C#CCC=O)cc1[N+](=O)[O-]. The van der Waals surface area contributed by atoms with E-state index in [2.05, 4.69) is 11.8 Å². The number of nitrogens with two attached hydrogens (primary N) is 1. The van der Waals surface area contributed by atoms with Crippen molar-refractivity contribution in [3.05, 3.63) is 32.8 Å². The highest BCUT2D eigenvalue weighted by atomic mass is 35.5. The summed E-state index contributed by atoms with van der Waals surface area (Å²) in [4.78, 5) is 20.0. The van der Waals surface area contributed by atoms with E-state index in [0.29, 0.717) is 6.29 Å². The molecule has 1 aromatic rings. The molecule has 0 saturated heterocycles. The van der Waals surface area contributed by atoms with E-state index in [-0.39, 0.29) is 28.4 Å². The first kappa shape index (κ1) is 12.0. The van der Waals surface area contributed by atoms with Gasteiger partial charge in [0, 0.05) is 6.07 Å². The zero-order valence-corrected chi connectivity index (χ0v) is 8.82. The van der Waals surface area contributed by atoms with E-state index in [4.69, 9.17) is 17.3 Å². The number of halogens is 1. The van der Waals surface area contributed by atoms with Gasteiger partial charge in [0.1, 0.15) is 12.0 Å². The van der Waals surface area contributed by atoms with Gasteiger partial charge in [-0.3, -0.25) is 10.1 Å². The molecule has 0 aliphatic rings. The van der Waals surface area contributed by atoms with Gasteiger partial charge in [0.2, 0.25) is 0 Å². The largest absolute Gasteiger partial charge is 0.393 e. The summed E-state index contributed by atoms with van der Waals surface area (Å²) in [7, 11) is 0. The third-order valence-corrected chi connectivity index (χ3v) is 2.03. The lowest BCUT2D eigenvalue weighted by Crippen LogP contribution is -1.96. The maximum Gasteiger partial charge on any atom is 0.293 e. The van der Waals surface area contributed by atoms with Crippen LogP contribution in [0.15, 0.2) is 12.1 Å². The number of anilines is 1. The molecule has 6 heteroatoms. The van der Waals surface area contributed by atoms with Crippen LogP contribution in [0.25, 0.3) is 0 Å². The van der Waals surface area contributed by atoms with E-state index >= 15 is 0 Å². The van der Waals surface area contributed by atoms with Gasteiger partial charge < -0.3 is 10.5 Å². The molecule has 0 amide bonds. The Labute approximate surface area is 96.3 Å². The predicted molar refractivity (Wildman–Crippen MR) is 60.1 cm³/mol. The van der Waals surface area contributed by atoms with E-state index in [1.165, 1.54) is 12.1 Å². The summed E-state index contributed by atoms with van der Waals surface area (Å²) in [5, 5.41) is 10.8. The molecule has 0 spiro atoms. The molecular weight excluding hydrogens is 232 g/mol. The molecule has 0 heterocycles. The Balaban J connectivity index is 3.21. The first-order valence-electron chi connectivity index (χ1n) is 4.22. The smallest absolute Gasteiger partial charge is 0.293 e. The van der Waals surface area contributed by atoms with E-state index in [0.717, 1.165) is 0 Å². The Kier molecular flexibility index (Phi) is 3.86. The van der Waals surface area contributed by atoms with Gasteiger partial charge in [-0.25, -0.2) is 0 Å². The highest BCUT2D eigenvalue weighted by molar-refractivity contribution is 6.32. The van der Waals surface area contributed by atoms with Crippen molar-refractivity contribution < 1.29 is 9.72 Å². The quantitative estimate of drug-likeness (QED) is 0.280. The van der Waals surface area contributed by atoms with Crippen LogP contribution in [0.5, 0.6) is 0 Å². The Morgan fingerprint density at radius 2 is 2.25 bits per heavy atom. The molecular formula is C10H7ClN2O3. The first-order chi connectivity index (χ1) is 7.56. The second-order valence-electron chi connectivity index (χ2n) is 2.82. The Bertz CT molecular complexity index is 503. The number of carbonyl (C=O) groups excluding carboxylic acids is 1. The standard InChI is InChI=1S/C10H7ClN2O3/c11-8-6-9(12)10(13(15)16)5-7(8)3-1-2-4-14/h4-6H,2,12H2. The lowest BCUT2D eigenvalue weighted by atomic mass is 10.1. The molecule has 0 saturated carbocycles. The normalized spacial score (nSPS) is 9.06. The maximum atomic E-state index is 10.6. The van der Waals surface area contributed by atoms with Gasteiger partial charge in [0.05, 0.1) is 21.9 Å². The Morgan fingerprint density at radius 3 is 2.81 bits per heavy atom. The molecule has 0 atom stereocenters. The van der Waals surface area contributed by atoms with Crippen LogP contribution in [0, 0.1) is 22.0 Å². The van der Waals surface area contributed by atoms with Crippen LogP contribution < -0.4 is 5.73 Å². The third kappa shape index (κ3) is 2.72. The highest BCUT2D eigenvalue weighted by Crippen LogP contribution is 2.28. The van der Waals surface area contributed by atoms with Crippen molar-refractivity contribution in [1.29, 1.82) is 0 Å². The van der Waals surface area contributed by atoms with Crippen LogP contribution in [-0.2, 0) is 4.79 Å². The molecule has 1 aromatic carbocycles. The fourth-order valence-corrected chi connectivity index (χ4v) is 1.24. The lowest BCUT2D eigenvalue weighted by Gasteiger charge is -2.00. The minimum Gasteiger partial charge on any atom is -0.393 e. The third-order valence-electron chi connectivity index (χ3n) is 1.72. The predicted octanol–water partition coefficient (Wildman–Crippen LogP) is 1.77. The summed E-state index contributed by atoms with van der Waals surface area (Å²) in [6, 6.07) is 2.46. The summed E-state index contributed by atoms with van der Waals surface area (Å²) >= 11 is 5.79. The molecule has 0 fully saturated rings. The minimum atomic E-state index is -0.615. The molecule has 0 radical (unpaired) electrons. The van der Waals surface area contributed by atoms with Crippen molar-refractivity contribution in [2.24, 2.45) is 0 Å². The number of hydrogen-bond acceptors (Lipinski definition) is 4. The molecule has 0 aliphatic carbocycles.